The number of fused-ring (bicyclic) bond motifs is 2. The maximum absolute atomic E-state index is 12.5. The Labute approximate surface area is 173 Å². The van der Waals surface area contributed by atoms with Crippen LogP contribution in [-0.2, 0) is 5.41 Å². The van der Waals surface area contributed by atoms with Crippen molar-refractivity contribution in [3.63, 3.8) is 0 Å². The second-order valence-electron chi connectivity index (χ2n) is 7.80. The van der Waals surface area contributed by atoms with Gasteiger partial charge in [0.15, 0.2) is 0 Å². The zero-order valence-electron chi connectivity index (χ0n) is 16.4. The first-order valence-corrected chi connectivity index (χ1v) is 10.0. The topological polar surface area (TPSA) is 112 Å². The van der Waals surface area contributed by atoms with Gasteiger partial charge in [0, 0.05) is 53.1 Å². The molecule has 2 aliphatic heterocycles. The number of piperidine rings is 1. The quantitative estimate of drug-likeness (QED) is 0.536. The number of hydrogen-bond donors (Lipinski definition) is 4. The molecule has 3 aromatic rings. The lowest BCUT2D eigenvalue weighted by atomic mass is 9.73. The highest BCUT2D eigenvalue weighted by Gasteiger charge is 2.42. The summed E-state index contributed by atoms with van der Waals surface area (Å²) in [7, 11) is 0. The fraction of sp³-hybridized carbons (Fsp3) is 0.273. The van der Waals surface area contributed by atoms with Gasteiger partial charge in [-0.3, -0.25) is 14.6 Å². The molecule has 0 saturated carbocycles. The monoisotopic (exact) mass is 402 g/mol. The highest BCUT2D eigenvalue weighted by atomic mass is 16.2. The Kier molecular flexibility index (Phi) is 4.55. The van der Waals surface area contributed by atoms with Crippen molar-refractivity contribution in [1.82, 2.24) is 25.6 Å². The third kappa shape index (κ3) is 3.25. The van der Waals surface area contributed by atoms with Crippen molar-refractivity contribution < 1.29 is 9.59 Å². The van der Waals surface area contributed by atoms with E-state index in [0.29, 0.717) is 23.5 Å². The highest BCUT2D eigenvalue weighted by Crippen LogP contribution is 2.39. The molecule has 1 saturated heterocycles. The van der Waals surface area contributed by atoms with Gasteiger partial charge in [-0.1, -0.05) is 0 Å². The number of pyridine rings is 2. The SMILES string of the molecule is O=C(Nc1cc(-c2cc3c([nH]2)C2(CCNCC2)CNC3=O)ccn1)c1ccncc1. The Morgan fingerprint density at radius 3 is 2.67 bits per heavy atom. The molecule has 1 fully saturated rings. The fourth-order valence-corrected chi connectivity index (χ4v) is 4.33. The molecule has 0 unspecified atom stereocenters. The molecule has 4 N–H and O–H groups in total. The number of H-pyrrole nitrogens is 1. The van der Waals surface area contributed by atoms with Crippen LogP contribution in [0.1, 0.15) is 39.3 Å². The molecular formula is C22H22N6O2. The van der Waals surface area contributed by atoms with Gasteiger partial charge in [-0.15, -0.1) is 0 Å². The van der Waals surface area contributed by atoms with Crippen molar-refractivity contribution in [3.8, 4) is 11.3 Å². The third-order valence-electron chi connectivity index (χ3n) is 6.00. The van der Waals surface area contributed by atoms with E-state index in [1.807, 2.05) is 18.2 Å². The van der Waals surface area contributed by atoms with Crippen molar-refractivity contribution in [2.45, 2.75) is 18.3 Å². The molecule has 8 nitrogen and oxygen atoms in total. The zero-order valence-corrected chi connectivity index (χ0v) is 16.4. The van der Waals surface area contributed by atoms with E-state index in [9.17, 15) is 9.59 Å². The molecule has 3 aromatic heterocycles. The van der Waals surface area contributed by atoms with Gasteiger partial charge in [-0.05, 0) is 56.3 Å². The number of carbonyl (C=O) groups excluding carboxylic acids is 2. The van der Waals surface area contributed by atoms with Crippen molar-refractivity contribution in [3.05, 3.63) is 65.7 Å². The van der Waals surface area contributed by atoms with Crippen molar-refractivity contribution in [1.29, 1.82) is 0 Å². The van der Waals surface area contributed by atoms with Crippen LogP contribution in [0.2, 0.25) is 0 Å². The molecule has 5 heterocycles. The molecule has 0 radical (unpaired) electrons. The first kappa shape index (κ1) is 18.5. The number of aromatic nitrogens is 3. The molecule has 1 spiro atoms. The van der Waals surface area contributed by atoms with Gasteiger partial charge < -0.3 is 20.9 Å². The predicted octanol–water partition coefficient (Wildman–Crippen LogP) is 2.09. The minimum absolute atomic E-state index is 0.0445. The third-order valence-corrected chi connectivity index (χ3v) is 6.00. The Hall–Kier alpha value is -3.52. The number of carbonyl (C=O) groups is 2. The van der Waals surface area contributed by atoms with Crippen LogP contribution in [0.5, 0.6) is 0 Å². The van der Waals surface area contributed by atoms with Crippen molar-refractivity contribution in [2.75, 3.05) is 25.0 Å². The second-order valence-corrected chi connectivity index (χ2v) is 7.80. The summed E-state index contributed by atoms with van der Waals surface area (Å²) >= 11 is 0. The van der Waals surface area contributed by atoms with E-state index in [4.69, 9.17) is 0 Å². The summed E-state index contributed by atoms with van der Waals surface area (Å²) in [6.07, 6.45) is 6.75. The van der Waals surface area contributed by atoms with Gasteiger partial charge in [0.05, 0.1) is 5.56 Å². The molecule has 0 aromatic carbocycles. The number of nitrogens with zero attached hydrogens (tertiary/aromatic N) is 2. The average Bonchev–Trinajstić information content (AvgIpc) is 3.26. The largest absolute Gasteiger partial charge is 0.357 e. The molecule has 0 aliphatic carbocycles. The standard InChI is InChI=1S/C22H22N6O2/c29-20(14-1-6-23-7-2-14)28-18-11-15(3-8-25-18)17-12-16-19(27-17)22(13-26-21(16)30)4-9-24-10-5-22/h1-3,6-8,11-12,24,27H,4-5,9-10,13H2,(H,26,30)(H,25,28,29). The first-order valence-electron chi connectivity index (χ1n) is 10.0. The summed E-state index contributed by atoms with van der Waals surface area (Å²) in [6.45, 7) is 2.53. The molecule has 5 rings (SSSR count). The Bertz CT molecular complexity index is 1100. The van der Waals surface area contributed by atoms with E-state index in [0.717, 1.165) is 42.9 Å². The highest BCUT2D eigenvalue weighted by molar-refractivity contribution is 6.04. The summed E-state index contributed by atoms with van der Waals surface area (Å²) in [4.78, 5) is 36.6. The Morgan fingerprint density at radius 1 is 1.07 bits per heavy atom. The van der Waals surface area contributed by atoms with Gasteiger partial charge in [0.25, 0.3) is 11.8 Å². The number of hydrogen-bond acceptors (Lipinski definition) is 5. The van der Waals surface area contributed by atoms with Crippen LogP contribution in [0.4, 0.5) is 5.82 Å². The second kappa shape index (κ2) is 7.38. The maximum Gasteiger partial charge on any atom is 0.256 e. The van der Waals surface area contributed by atoms with E-state index < -0.39 is 0 Å². The van der Waals surface area contributed by atoms with E-state index in [1.165, 1.54) is 0 Å². The van der Waals surface area contributed by atoms with Gasteiger partial charge in [0.2, 0.25) is 0 Å². The molecule has 2 aliphatic rings. The van der Waals surface area contributed by atoms with E-state index in [-0.39, 0.29) is 17.2 Å². The van der Waals surface area contributed by atoms with E-state index >= 15 is 0 Å². The van der Waals surface area contributed by atoms with E-state index in [1.54, 1.807) is 30.7 Å². The molecule has 0 atom stereocenters. The van der Waals surface area contributed by atoms with Gasteiger partial charge in [-0.2, -0.15) is 0 Å². The van der Waals surface area contributed by atoms with Crippen LogP contribution in [0.3, 0.4) is 0 Å². The van der Waals surface area contributed by atoms with Gasteiger partial charge >= 0.3 is 0 Å². The van der Waals surface area contributed by atoms with Crippen LogP contribution < -0.4 is 16.0 Å². The summed E-state index contributed by atoms with van der Waals surface area (Å²) < 4.78 is 0. The smallest absolute Gasteiger partial charge is 0.256 e. The summed E-state index contributed by atoms with van der Waals surface area (Å²) in [6, 6.07) is 8.87. The van der Waals surface area contributed by atoms with Crippen LogP contribution >= 0.6 is 0 Å². The normalized spacial score (nSPS) is 17.3. The minimum Gasteiger partial charge on any atom is -0.357 e. The van der Waals surface area contributed by atoms with E-state index in [2.05, 4.69) is 30.9 Å². The lowest BCUT2D eigenvalue weighted by molar-refractivity contribution is 0.0913. The minimum atomic E-state index is -0.249. The Balaban J connectivity index is 1.46. The molecule has 2 amide bonds. The summed E-state index contributed by atoms with van der Waals surface area (Å²) in [5.41, 5.74) is 3.88. The molecule has 8 heteroatoms. The predicted molar refractivity (Wildman–Crippen MR) is 112 cm³/mol. The Morgan fingerprint density at radius 2 is 1.87 bits per heavy atom. The average molecular weight is 402 g/mol. The number of aromatic amines is 1. The molecule has 0 bridgehead atoms. The van der Waals surface area contributed by atoms with Crippen LogP contribution in [0.25, 0.3) is 11.3 Å². The van der Waals surface area contributed by atoms with Crippen LogP contribution in [-0.4, -0.2) is 46.4 Å². The fourth-order valence-electron chi connectivity index (χ4n) is 4.33. The molecule has 30 heavy (non-hydrogen) atoms. The number of nitrogens with one attached hydrogen (secondary N) is 4. The maximum atomic E-state index is 12.5. The summed E-state index contributed by atoms with van der Waals surface area (Å²) in [5.74, 6) is 0.153. The van der Waals surface area contributed by atoms with Gasteiger partial charge in [-0.25, -0.2) is 4.98 Å². The van der Waals surface area contributed by atoms with Crippen molar-refractivity contribution >= 4 is 17.6 Å². The van der Waals surface area contributed by atoms with Crippen molar-refractivity contribution in [2.24, 2.45) is 0 Å². The summed E-state index contributed by atoms with van der Waals surface area (Å²) in [5, 5.41) is 9.27. The van der Waals surface area contributed by atoms with Crippen LogP contribution in [0.15, 0.2) is 48.9 Å². The first-order chi connectivity index (χ1) is 14.6. The van der Waals surface area contributed by atoms with Gasteiger partial charge in [0.1, 0.15) is 5.82 Å². The molecule has 152 valence electrons. The lowest BCUT2D eigenvalue weighted by Crippen LogP contribution is -2.51. The zero-order chi connectivity index (χ0) is 20.6. The lowest BCUT2D eigenvalue weighted by Gasteiger charge is -2.40. The van der Waals surface area contributed by atoms with Crippen LogP contribution in [0, 0.1) is 0 Å². The number of anilines is 1. The number of rotatable bonds is 3. The number of amides is 2. The molecular weight excluding hydrogens is 380 g/mol.